The van der Waals surface area contributed by atoms with Crippen LogP contribution in [0.2, 0.25) is 5.02 Å². The number of carbonyl (C=O) groups is 1. The highest BCUT2D eigenvalue weighted by atomic mass is 35.5. The molecule has 7 nitrogen and oxygen atoms in total. The van der Waals surface area contributed by atoms with Crippen LogP contribution in [0.15, 0.2) is 55.4 Å². The third-order valence-electron chi connectivity index (χ3n) is 5.69. The fourth-order valence-electron chi connectivity index (χ4n) is 3.69. The smallest absolute Gasteiger partial charge is 0.310 e. The van der Waals surface area contributed by atoms with E-state index in [2.05, 4.69) is 25.3 Å². The average Bonchev–Trinajstić information content (AvgIpc) is 3.45. The maximum Gasteiger partial charge on any atom is 0.418 e. The zero-order valence-corrected chi connectivity index (χ0v) is 17.7. The van der Waals surface area contributed by atoms with E-state index in [0.717, 1.165) is 29.2 Å². The largest absolute Gasteiger partial charge is 0.418 e. The van der Waals surface area contributed by atoms with Gasteiger partial charge in [0, 0.05) is 42.5 Å². The molecular weight excluding hydrogens is 457 g/mol. The predicted molar refractivity (Wildman–Crippen MR) is 114 cm³/mol. The van der Waals surface area contributed by atoms with Gasteiger partial charge in [-0.3, -0.25) is 19.2 Å². The molecule has 168 valence electrons. The Labute approximate surface area is 190 Å². The fraction of sp³-hybridized carbons (Fsp3) is 0.227. The first-order valence-corrected chi connectivity index (χ1v) is 10.4. The summed E-state index contributed by atoms with van der Waals surface area (Å²) in [5.74, 6) is -0.570. The summed E-state index contributed by atoms with van der Waals surface area (Å²) in [7, 11) is 0. The molecule has 33 heavy (non-hydrogen) atoms. The van der Waals surface area contributed by atoms with Crippen LogP contribution < -0.4 is 5.32 Å². The Hall–Kier alpha value is -3.53. The number of nitrogens with zero attached hydrogens (tertiary/aromatic N) is 5. The molecule has 0 aromatic carbocycles. The van der Waals surface area contributed by atoms with Crippen molar-refractivity contribution >= 4 is 29.0 Å². The van der Waals surface area contributed by atoms with Gasteiger partial charge in [-0.15, -0.1) is 0 Å². The minimum atomic E-state index is -4.64. The lowest BCUT2D eigenvalue weighted by Crippen LogP contribution is -2.27. The highest BCUT2D eigenvalue weighted by Crippen LogP contribution is 2.49. The maximum absolute atomic E-state index is 13.1. The number of halogens is 4. The molecule has 0 radical (unpaired) electrons. The van der Waals surface area contributed by atoms with Crippen LogP contribution in [-0.2, 0) is 17.4 Å². The Balaban J connectivity index is 1.31. The number of nitrogens with one attached hydrogen (secondary N) is 1. The van der Waals surface area contributed by atoms with Gasteiger partial charge in [-0.2, -0.15) is 13.2 Å². The number of rotatable bonds is 5. The van der Waals surface area contributed by atoms with Crippen LogP contribution >= 0.6 is 11.6 Å². The SMILES string of the molecule is O=C(Nc1cc(C(F)(F)F)c(Cl)cn1)C1(Cc2ccc(-c3cnc4cnccn34)cn2)CC1. The highest BCUT2D eigenvalue weighted by molar-refractivity contribution is 6.31. The second-order valence-corrected chi connectivity index (χ2v) is 8.35. The van der Waals surface area contributed by atoms with E-state index < -0.39 is 22.2 Å². The Bertz CT molecular complexity index is 1350. The third-order valence-corrected chi connectivity index (χ3v) is 6.00. The van der Waals surface area contributed by atoms with Gasteiger partial charge in [0.05, 0.1) is 34.1 Å². The normalized spacial score (nSPS) is 14.9. The predicted octanol–water partition coefficient (Wildman–Crippen LogP) is 4.82. The lowest BCUT2D eigenvalue weighted by atomic mass is 9.98. The van der Waals surface area contributed by atoms with Gasteiger partial charge in [-0.1, -0.05) is 11.6 Å². The molecule has 1 aliphatic carbocycles. The molecule has 0 atom stereocenters. The maximum atomic E-state index is 13.1. The summed E-state index contributed by atoms with van der Waals surface area (Å²) in [4.78, 5) is 29.5. The Morgan fingerprint density at radius 2 is 1.94 bits per heavy atom. The Morgan fingerprint density at radius 3 is 2.64 bits per heavy atom. The lowest BCUT2D eigenvalue weighted by molar-refractivity contribution is -0.137. The molecule has 5 rings (SSSR count). The molecule has 1 amide bonds. The summed E-state index contributed by atoms with van der Waals surface area (Å²) in [5, 5.41) is 1.98. The highest BCUT2D eigenvalue weighted by Gasteiger charge is 2.50. The summed E-state index contributed by atoms with van der Waals surface area (Å²) < 4.78 is 41.1. The second-order valence-electron chi connectivity index (χ2n) is 7.94. The van der Waals surface area contributed by atoms with Gasteiger partial charge in [0.15, 0.2) is 5.65 Å². The van der Waals surface area contributed by atoms with Crippen LogP contribution in [0.5, 0.6) is 0 Å². The summed E-state index contributed by atoms with van der Waals surface area (Å²) >= 11 is 5.60. The number of hydrogen-bond acceptors (Lipinski definition) is 5. The Kier molecular flexibility index (Phi) is 5.04. The zero-order valence-electron chi connectivity index (χ0n) is 17.0. The average molecular weight is 473 g/mol. The number of pyridine rings is 2. The van der Waals surface area contributed by atoms with E-state index >= 15 is 0 Å². The molecule has 0 spiro atoms. The molecule has 0 saturated heterocycles. The topological polar surface area (TPSA) is 85.1 Å². The first-order valence-electron chi connectivity index (χ1n) is 10.0. The van der Waals surface area contributed by atoms with Crippen LogP contribution in [0, 0.1) is 5.41 Å². The van der Waals surface area contributed by atoms with E-state index in [0.29, 0.717) is 25.0 Å². The van der Waals surface area contributed by atoms with Crippen molar-refractivity contribution in [3.05, 3.63) is 71.7 Å². The molecule has 1 fully saturated rings. The van der Waals surface area contributed by atoms with Crippen molar-refractivity contribution in [1.29, 1.82) is 0 Å². The van der Waals surface area contributed by atoms with Crippen LogP contribution in [0.3, 0.4) is 0 Å². The van der Waals surface area contributed by atoms with Gasteiger partial charge in [-0.25, -0.2) is 9.97 Å². The van der Waals surface area contributed by atoms with Gasteiger partial charge in [0.1, 0.15) is 5.82 Å². The fourth-order valence-corrected chi connectivity index (χ4v) is 3.90. The van der Waals surface area contributed by atoms with Crippen LogP contribution in [0.25, 0.3) is 16.9 Å². The molecule has 11 heteroatoms. The molecule has 4 heterocycles. The molecule has 0 bridgehead atoms. The van der Waals surface area contributed by atoms with E-state index in [9.17, 15) is 18.0 Å². The van der Waals surface area contributed by atoms with Gasteiger partial charge in [0.2, 0.25) is 5.91 Å². The molecule has 4 aromatic heterocycles. The zero-order chi connectivity index (χ0) is 23.2. The minimum absolute atomic E-state index is 0.187. The van der Waals surface area contributed by atoms with Crippen molar-refractivity contribution in [3.63, 3.8) is 0 Å². The molecule has 0 aliphatic heterocycles. The summed E-state index contributed by atoms with van der Waals surface area (Å²) in [6.45, 7) is 0. The van der Waals surface area contributed by atoms with Crippen molar-refractivity contribution in [2.24, 2.45) is 5.41 Å². The quantitative estimate of drug-likeness (QED) is 0.450. The first kappa shape index (κ1) is 21.3. The summed E-state index contributed by atoms with van der Waals surface area (Å²) in [6.07, 6.45) is 6.43. The number of aromatic nitrogens is 5. The number of fused-ring (bicyclic) bond motifs is 1. The monoisotopic (exact) mass is 472 g/mol. The Morgan fingerprint density at radius 1 is 1.12 bits per heavy atom. The number of amides is 1. The molecule has 1 aliphatic rings. The van der Waals surface area contributed by atoms with E-state index in [-0.39, 0.29) is 11.7 Å². The summed E-state index contributed by atoms with van der Waals surface area (Å²) in [5.41, 5.74) is 1.39. The molecule has 1 N–H and O–H groups in total. The molecule has 4 aromatic rings. The van der Waals surface area contributed by atoms with Crippen molar-refractivity contribution in [3.8, 4) is 11.3 Å². The van der Waals surface area contributed by atoms with Crippen molar-refractivity contribution in [2.45, 2.75) is 25.4 Å². The van der Waals surface area contributed by atoms with Gasteiger partial charge >= 0.3 is 6.18 Å². The van der Waals surface area contributed by atoms with E-state index in [1.807, 2.05) is 22.7 Å². The van der Waals surface area contributed by atoms with Gasteiger partial charge in [-0.05, 0) is 31.0 Å². The molecule has 0 unspecified atom stereocenters. The molecule has 1 saturated carbocycles. The number of carbonyl (C=O) groups excluding carboxylic acids is 1. The number of alkyl halides is 3. The van der Waals surface area contributed by atoms with Crippen molar-refractivity contribution < 1.29 is 18.0 Å². The van der Waals surface area contributed by atoms with E-state index in [1.54, 1.807) is 24.8 Å². The van der Waals surface area contributed by atoms with Crippen molar-refractivity contribution in [2.75, 3.05) is 5.32 Å². The van der Waals surface area contributed by atoms with E-state index in [4.69, 9.17) is 11.6 Å². The van der Waals surface area contributed by atoms with E-state index in [1.165, 1.54) is 0 Å². The summed E-state index contributed by atoms with van der Waals surface area (Å²) in [6, 6.07) is 4.48. The van der Waals surface area contributed by atoms with Crippen LogP contribution in [0.4, 0.5) is 19.0 Å². The standard InChI is InChI=1S/C22H16ClF3N6O/c23-16-10-29-18(7-15(16)22(24,25)26)31-20(33)21(3-4-21)8-14-2-1-13(9-28-14)17-11-30-19-12-27-5-6-32(17)19/h1-2,5-7,9-12H,3-4,8H2,(H,29,31,33). The number of imidazole rings is 1. The van der Waals surface area contributed by atoms with Crippen LogP contribution in [0.1, 0.15) is 24.1 Å². The molecular formula is C22H16ClF3N6O. The number of anilines is 1. The van der Waals surface area contributed by atoms with Crippen LogP contribution in [-0.4, -0.2) is 30.2 Å². The second kappa shape index (κ2) is 7.80. The van der Waals surface area contributed by atoms with Gasteiger partial charge in [0.25, 0.3) is 0 Å². The van der Waals surface area contributed by atoms with Gasteiger partial charge < -0.3 is 5.32 Å². The number of hydrogen-bond donors (Lipinski definition) is 1. The minimum Gasteiger partial charge on any atom is -0.310 e. The van der Waals surface area contributed by atoms with Crippen molar-refractivity contribution in [1.82, 2.24) is 24.3 Å². The first-order chi connectivity index (χ1) is 15.7. The lowest BCUT2D eigenvalue weighted by Gasteiger charge is -2.16. The third kappa shape index (κ3) is 4.13.